The van der Waals surface area contributed by atoms with Crippen molar-refractivity contribution in [1.29, 1.82) is 0 Å². The van der Waals surface area contributed by atoms with Crippen molar-refractivity contribution in [1.82, 2.24) is 43.7 Å². The van der Waals surface area contributed by atoms with Crippen LogP contribution in [0.15, 0.2) is 53.2 Å². The number of H-pyrrole nitrogens is 1. The van der Waals surface area contributed by atoms with Gasteiger partial charge in [0.1, 0.15) is 25.0 Å². The molecule has 0 spiro atoms. The fourth-order valence-electron chi connectivity index (χ4n) is 4.35. The van der Waals surface area contributed by atoms with Gasteiger partial charge in [0.25, 0.3) is 5.56 Å². The Morgan fingerprint density at radius 3 is 2.93 bits per heavy atom. The summed E-state index contributed by atoms with van der Waals surface area (Å²) in [5, 5.41) is 13.1. The van der Waals surface area contributed by atoms with Crippen LogP contribution in [0, 0.1) is 6.57 Å². The van der Waals surface area contributed by atoms with Crippen molar-refractivity contribution in [3.05, 3.63) is 81.5 Å². The number of rotatable bonds is 13. The van der Waals surface area contributed by atoms with E-state index in [9.17, 15) is 28.9 Å². The van der Waals surface area contributed by atoms with Crippen LogP contribution >= 0.6 is 7.75 Å². The Morgan fingerprint density at radius 2 is 2.16 bits per heavy atom. The number of hydrogen-bond donors (Lipinski definition) is 4. The van der Waals surface area contributed by atoms with E-state index in [1.165, 1.54) is 37.3 Å². The lowest BCUT2D eigenvalue weighted by molar-refractivity contribution is -0.116. The first kappa shape index (κ1) is 31.4. The highest BCUT2D eigenvalue weighted by molar-refractivity contribution is 7.51. The molecule has 0 aromatic carbocycles. The molecular weight excluding hydrogens is 615 g/mol. The molecule has 1 fully saturated rings. The lowest BCUT2D eigenvalue weighted by Crippen LogP contribution is -2.33. The molecule has 236 valence electrons. The van der Waals surface area contributed by atoms with Gasteiger partial charge in [-0.25, -0.2) is 35.2 Å². The van der Waals surface area contributed by atoms with Gasteiger partial charge in [0.2, 0.25) is 18.3 Å². The van der Waals surface area contributed by atoms with Crippen molar-refractivity contribution in [3.8, 4) is 5.88 Å². The van der Waals surface area contributed by atoms with Gasteiger partial charge in [0.05, 0.1) is 24.6 Å². The monoisotopic (exact) mass is 642 g/mol. The van der Waals surface area contributed by atoms with Gasteiger partial charge >= 0.3 is 13.4 Å². The van der Waals surface area contributed by atoms with E-state index < -0.39 is 49.9 Å². The lowest BCUT2D eigenvalue weighted by Gasteiger charge is -2.18. The van der Waals surface area contributed by atoms with E-state index in [0.717, 1.165) is 21.3 Å². The average Bonchev–Trinajstić information content (AvgIpc) is 3.77. The molecule has 0 bridgehead atoms. The van der Waals surface area contributed by atoms with Crippen LogP contribution in [0.4, 0.5) is 0 Å². The van der Waals surface area contributed by atoms with Crippen LogP contribution in [0.3, 0.4) is 0 Å². The predicted octanol–water partition coefficient (Wildman–Crippen LogP) is -0.686. The van der Waals surface area contributed by atoms with Gasteiger partial charge in [-0.15, -0.1) is 0 Å². The number of nitrogens with zero attached hydrogens (tertiary/aromatic N) is 8. The number of aromatic nitrogens is 8. The highest BCUT2D eigenvalue weighted by Crippen LogP contribution is 2.44. The summed E-state index contributed by atoms with van der Waals surface area (Å²) in [5.74, 6) is -0.269. The minimum absolute atomic E-state index is 0.0365. The summed E-state index contributed by atoms with van der Waals surface area (Å²) in [7, 11) is -4.27. The molecule has 4 N–H and O–H groups in total. The van der Waals surface area contributed by atoms with Crippen LogP contribution in [0.25, 0.3) is 22.1 Å². The molecule has 4 atom stereocenters. The van der Waals surface area contributed by atoms with E-state index in [0.29, 0.717) is 17.7 Å². The molecule has 4 aromatic heterocycles. The van der Waals surface area contributed by atoms with Crippen LogP contribution in [0.5, 0.6) is 5.88 Å². The van der Waals surface area contributed by atoms with Gasteiger partial charge < -0.3 is 34.2 Å². The second kappa shape index (κ2) is 13.8. The number of carbonyl (C=O) groups is 1. The number of fused-ring (bicyclic) bond motifs is 1. The lowest BCUT2D eigenvalue weighted by atomic mass is 10.2. The molecule has 45 heavy (non-hydrogen) atoms. The first-order chi connectivity index (χ1) is 21.7. The van der Waals surface area contributed by atoms with E-state index in [-0.39, 0.29) is 37.6 Å². The highest BCUT2D eigenvalue weighted by Gasteiger charge is 2.37. The summed E-state index contributed by atoms with van der Waals surface area (Å²) >= 11 is 0. The van der Waals surface area contributed by atoms with Crippen LogP contribution < -0.4 is 21.3 Å². The van der Waals surface area contributed by atoms with Crippen LogP contribution in [0.1, 0.15) is 18.2 Å². The van der Waals surface area contributed by atoms with E-state index in [1.54, 1.807) is 4.57 Å². The summed E-state index contributed by atoms with van der Waals surface area (Å²) < 4.78 is 32.2. The Morgan fingerprint density at radius 1 is 1.31 bits per heavy atom. The zero-order valence-corrected chi connectivity index (χ0v) is 24.3. The third-order valence-electron chi connectivity index (χ3n) is 6.57. The molecular formula is C25H27N10O9P. The molecule has 0 aliphatic carbocycles. The molecule has 1 aliphatic rings. The SMILES string of the molecule is [C-]#[N+]CCOc1ncnc2c1ncn2CCNC(=O)/C=C/c1cn([C@H]2CC(O)[C@@H](COP(=O)(O)n3ccnc3)O2)c(=O)[nH]c1=O. The number of aromatic amines is 1. The summed E-state index contributed by atoms with van der Waals surface area (Å²) in [6.45, 7) is 7.20. The standard InChI is InChI=1S/C25H27N10O9P/c1-26-6-9-42-24-21-22(29-13-30-24)33(15-31-21)7-5-28-19(37)3-2-16-11-35(25(39)32-23(16)38)20-10-17(36)18(44-20)12-43-45(40,41)34-8-4-27-14-34/h2-4,8,11,13-15,17-18,20,36H,5-7,9-10,12H2,(H,28,37)(H,40,41)(H,32,38,39)/b3-2+/t17?,18-,20-/m1/s1. The second-order valence-corrected chi connectivity index (χ2v) is 11.3. The fourth-order valence-corrected chi connectivity index (χ4v) is 5.24. The number of hydrogen-bond acceptors (Lipinski definition) is 12. The van der Waals surface area contributed by atoms with Gasteiger partial charge in [-0.05, 0) is 6.08 Å². The van der Waals surface area contributed by atoms with Crippen molar-refractivity contribution in [2.24, 2.45) is 0 Å². The number of imidazole rings is 2. The quantitative estimate of drug-likeness (QED) is 0.0613. The number of aliphatic hydroxyl groups excluding tert-OH is 1. The molecule has 0 radical (unpaired) electrons. The smallest absolute Gasteiger partial charge is 0.437 e. The van der Waals surface area contributed by atoms with Crippen LogP contribution in [-0.2, 0) is 25.2 Å². The molecule has 0 saturated carbocycles. The van der Waals surface area contributed by atoms with Gasteiger partial charge in [-0.2, -0.15) is 4.98 Å². The van der Waals surface area contributed by atoms with Crippen molar-refractivity contribution >= 4 is 30.9 Å². The molecule has 19 nitrogen and oxygen atoms in total. The zero-order valence-electron chi connectivity index (χ0n) is 23.4. The van der Waals surface area contributed by atoms with E-state index in [2.05, 4.69) is 35.1 Å². The summed E-state index contributed by atoms with van der Waals surface area (Å²) in [5.41, 5.74) is -0.700. The maximum atomic E-state index is 12.5. The number of carbonyl (C=O) groups excluding carboxylic acids is 1. The van der Waals surface area contributed by atoms with Crippen LogP contribution in [-0.4, -0.2) is 92.8 Å². The number of ether oxygens (including phenoxy) is 2. The maximum Gasteiger partial charge on any atom is 0.437 e. The van der Waals surface area contributed by atoms with Gasteiger partial charge in [0, 0.05) is 44.2 Å². The number of aliphatic hydroxyl groups is 1. The van der Waals surface area contributed by atoms with E-state index in [1.807, 2.05) is 0 Å². The van der Waals surface area contributed by atoms with Gasteiger partial charge in [-0.1, -0.05) is 0 Å². The normalized spacial score (nSPS) is 19.4. The molecule has 1 saturated heterocycles. The highest BCUT2D eigenvalue weighted by atomic mass is 31.2. The minimum atomic E-state index is -4.27. The molecule has 5 heterocycles. The van der Waals surface area contributed by atoms with Gasteiger partial charge in [-0.3, -0.25) is 23.7 Å². The Labute approximate surface area is 253 Å². The van der Waals surface area contributed by atoms with Crippen LogP contribution in [0.2, 0.25) is 0 Å². The van der Waals surface area contributed by atoms with Crippen molar-refractivity contribution in [3.63, 3.8) is 0 Å². The number of nitrogens with one attached hydrogen (secondary N) is 2. The molecule has 1 aliphatic heterocycles. The number of amides is 1. The van der Waals surface area contributed by atoms with E-state index >= 15 is 0 Å². The first-order valence-electron chi connectivity index (χ1n) is 13.4. The maximum absolute atomic E-state index is 12.5. The summed E-state index contributed by atoms with van der Waals surface area (Å²) in [6.07, 6.45) is 6.70. The molecule has 5 rings (SSSR count). The first-order valence-corrected chi connectivity index (χ1v) is 14.9. The zero-order chi connectivity index (χ0) is 32.0. The summed E-state index contributed by atoms with van der Waals surface area (Å²) in [4.78, 5) is 69.0. The second-order valence-electron chi connectivity index (χ2n) is 9.56. The largest absolute Gasteiger partial charge is 0.468 e. The molecule has 2 unspecified atom stereocenters. The van der Waals surface area contributed by atoms with Crippen molar-refractivity contribution in [2.45, 2.75) is 31.4 Å². The summed E-state index contributed by atoms with van der Waals surface area (Å²) in [6, 6.07) is 0. The predicted molar refractivity (Wildman–Crippen MR) is 154 cm³/mol. The van der Waals surface area contributed by atoms with Crippen molar-refractivity contribution in [2.75, 3.05) is 26.3 Å². The minimum Gasteiger partial charge on any atom is -0.468 e. The van der Waals surface area contributed by atoms with E-state index in [4.69, 9.17) is 20.6 Å². The molecule has 4 aromatic rings. The topological polar surface area (TPSA) is 235 Å². The Balaban J connectivity index is 1.17. The van der Waals surface area contributed by atoms with Gasteiger partial charge in [0.15, 0.2) is 17.8 Å². The average molecular weight is 643 g/mol. The third-order valence-corrected chi connectivity index (χ3v) is 7.88. The third kappa shape index (κ3) is 7.39. The fraction of sp³-hybridized carbons (Fsp3) is 0.360. The molecule has 1 amide bonds. The van der Waals surface area contributed by atoms with Crippen molar-refractivity contribution < 1.29 is 33.4 Å². The Kier molecular flexibility index (Phi) is 9.61. The molecule has 20 heteroatoms. The Bertz CT molecular complexity index is 1900. The Hall–Kier alpha value is -4.99.